The topological polar surface area (TPSA) is 9.86 Å². The summed E-state index contributed by atoms with van der Waals surface area (Å²) in [6, 6.07) is 71.9. The molecule has 0 saturated heterocycles. The van der Waals surface area contributed by atoms with Crippen LogP contribution in [0.1, 0.15) is 0 Å². The molecule has 0 aliphatic carbocycles. The van der Waals surface area contributed by atoms with Gasteiger partial charge >= 0.3 is 0 Å². The van der Waals surface area contributed by atoms with Gasteiger partial charge in [-0.2, -0.15) is 0 Å². The summed E-state index contributed by atoms with van der Waals surface area (Å²) in [7, 11) is 0. The third-order valence-corrected chi connectivity index (χ3v) is 13.4. The Kier molecular flexibility index (Phi) is 6.35. The first-order valence-corrected chi connectivity index (χ1v) is 20.4. The highest BCUT2D eigenvalue weighted by atomic mass is 32.1. The summed E-state index contributed by atoms with van der Waals surface area (Å²) in [6.07, 6.45) is 0. The quantitative estimate of drug-likeness (QED) is 0.171. The Morgan fingerprint density at radius 2 is 1.00 bits per heavy atom. The van der Waals surface area contributed by atoms with Crippen molar-refractivity contribution in [2.75, 3.05) is 0 Å². The van der Waals surface area contributed by atoms with E-state index in [0.717, 1.165) is 0 Å². The van der Waals surface area contributed by atoms with Gasteiger partial charge in [0.15, 0.2) is 0 Å². The molecule has 0 fully saturated rings. The highest BCUT2D eigenvalue weighted by Gasteiger charge is 2.24. The van der Waals surface area contributed by atoms with Crippen LogP contribution in [0.4, 0.5) is 0 Å². The molecule has 264 valence electrons. The van der Waals surface area contributed by atoms with Gasteiger partial charge in [0.1, 0.15) is 0 Å². The predicted octanol–water partition coefficient (Wildman–Crippen LogP) is 15.4. The molecule has 0 atom stereocenters. The summed E-state index contributed by atoms with van der Waals surface area (Å²) in [5, 5.41) is 15.3. The maximum absolute atomic E-state index is 2.52. The van der Waals surface area contributed by atoms with Gasteiger partial charge in [-0.3, -0.25) is 0 Å². The molecule has 13 rings (SSSR count). The lowest BCUT2D eigenvalue weighted by atomic mass is 9.96. The van der Waals surface area contributed by atoms with Crippen LogP contribution in [-0.4, -0.2) is 9.13 Å². The first-order chi connectivity index (χ1) is 28.3. The molecule has 2 nitrogen and oxygen atoms in total. The minimum Gasteiger partial charge on any atom is -0.309 e. The lowest BCUT2D eigenvalue weighted by Gasteiger charge is -2.12. The van der Waals surface area contributed by atoms with Crippen molar-refractivity contribution < 1.29 is 0 Å². The van der Waals surface area contributed by atoms with E-state index in [9.17, 15) is 0 Å². The number of para-hydroxylation sites is 2. The fraction of sp³-hybridized carbons (Fsp3) is 0. The molecular formula is C54H32N2S. The molecule has 0 saturated carbocycles. The SMILES string of the molecule is c1ccc(-n2c3ccc4ccccc4c3c3cc(-c4ccc5c(c4)c4ccccc4n5-c4cccc5ccccc45)c4sc5cc6ccccc6cc5c4c32)cc1. The molecule has 0 aliphatic heterocycles. The number of hydrogen-bond donors (Lipinski definition) is 0. The number of rotatable bonds is 3. The Morgan fingerprint density at radius 3 is 1.84 bits per heavy atom. The Balaban J connectivity index is 1.20. The molecule has 0 N–H and O–H groups in total. The Morgan fingerprint density at radius 1 is 0.351 bits per heavy atom. The molecule has 57 heavy (non-hydrogen) atoms. The maximum Gasteiger partial charge on any atom is 0.0634 e. The number of aromatic nitrogens is 2. The van der Waals surface area contributed by atoms with Gasteiger partial charge in [-0.15, -0.1) is 11.3 Å². The van der Waals surface area contributed by atoms with Crippen LogP contribution >= 0.6 is 11.3 Å². The molecule has 0 bridgehead atoms. The van der Waals surface area contributed by atoms with Gasteiger partial charge in [-0.25, -0.2) is 0 Å². The van der Waals surface area contributed by atoms with Crippen LogP contribution in [-0.2, 0) is 0 Å². The molecule has 0 unspecified atom stereocenters. The first kappa shape index (κ1) is 31.1. The molecule has 0 aliphatic rings. The summed E-state index contributed by atoms with van der Waals surface area (Å²) in [6.45, 7) is 0. The van der Waals surface area contributed by atoms with Gasteiger partial charge in [0, 0.05) is 58.4 Å². The average molecular weight is 741 g/mol. The molecule has 0 radical (unpaired) electrons. The minimum atomic E-state index is 1.17. The molecule has 0 amide bonds. The van der Waals surface area contributed by atoms with Crippen LogP contribution in [0, 0.1) is 0 Å². The summed E-state index contributed by atoms with van der Waals surface area (Å²) in [5.74, 6) is 0. The summed E-state index contributed by atoms with van der Waals surface area (Å²) in [5.41, 5.74) is 9.79. The van der Waals surface area contributed by atoms with Crippen molar-refractivity contribution in [3.8, 4) is 22.5 Å². The molecule has 3 aromatic heterocycles. The normalized spacial score (nSPS) is 12.2. The second kappa shape index (κ2) is 11.7. The van der Waals surface area contributed by atoms with Gasteiger partial charge in [-0.05, 0) is 93.2 Å². The smallest absolute Gasteiger partial charge is 0.0634 e. The van der Waals surface area contributed by atoms with Crippen LogP contribution in [0.15, 0.2) is 194 Å². The summed E-state index contributed by atoms with van der Waals surface area (Å²) < 4.78 is 7.60. The average Bonchev–Trinajstić information content (AvgIpc) is 3.92. The number of hydrogen-bond acceptors (Lipinski definition) is 1. The monoisotopic (exact) mass is 740 g/mol. The van der Waals surface area contributed by atoms with Gasteiger partial charge in [0.05, 0.1) is 27.8 Å². The summed E-state index contributed by atoms with van der Waals surface area (Å²) in [4.78, 5) is 0. The van der Waals surface area contributed by atoms with E-state index in [1.165, 1.54) is 119 Å². The van der Waals surface area contributed by atoms with Crippen LogP contribution in [0.3, 0.4) is 0 Å². The highest BCUT2D eigenvalue weighted by molar-refractivity contribution is 7.26. The molecule has 10 aromatic carbocycles. The lowest BCUT2D eigenvalue weighted by Crippen LogP contribution is -1.95. The van der Waals surface area contributed by atoms with Crippen molar-refractivity contribution in [3.05, 3.63) is 194 Å². The summed E-state index contributed by atoms with van der Waals surface area (Å²) >= 11 is 1.92. The standard InChI is InChI=1S/C54H32N2S/c1-2-18-38(19-3-1)55-49-28-25-34-14-7-9-21-40(34)51(49)45-32-42(54-52(53(45)55)44-29-35-15-4-5-16-36(35)31-50(44)57-54)37-26-27-48-43(30-37)41-22-10-11-23-47(41)56(48)46-24-12-17-33-13-6-8-20-39(33)46/h1-32H. The number of thiophene rings is 1. The second-order valence-electron chi connectivity index (χ2n) is 15.3. The minimum absolute atomic E-state index is 1.17. The third-order valence-electron chi connectivity index (χ3n) is 12.2. The van der Waals surface area contributed by atoms with E-state index in [1.54, 1.807) is 0 Å². The maximum atomic E-state index is 2.52. The van der Waals surface area contributed by atoms with Crippen LogP contribution in [0.25, 0.3) is 119 Å². The van der Waals surface area contributed by atoms with E-state index < -0.39 is 0 Å². The second-order valence-corrected chi connectivity index (χ2v) is 16.3. The number of benzene rings is 10. The van der Waals surface area contributed by atoms with Crippen molar-refractivity contribution >= 4 is 107 Å². The fourth-order valence-corrected chi connectivity index (χ4v) is 11.0. The number of fused-ring (bicyclic) bond motifs is 14. The van der Waals surface area contributed by atoms with Crippen molar-refractivity contribution in [3.63, 3.8) is 0 Å². The zero-order valence-corrected chi connectivity index (χ0v) is 31.6. The van der Waals surface area contributed by atoms with E-state index in [-0.39, 0.29) is 0 Å². The van der Waals surface area contributed by atoms with Crippen molar-refractivity contribution in [1.82, 2.24) is 9.13 Å². The van der Waals surface area contributed by atoms with Crippen LogP contribution in [0.2, 0.25) is 0 Å². The van der Waals surface area contributed by atoms with E-state index in [0.29, 0.717) is 0 Å². The zero-order chi connectivity index (χ0) is 37.2. The lowest BCUT2D eigenvalue weighted by molar-refractivity contribution is 1.19. The molecule has 0 spiro atoms. The third kappa shape index (κ3) is 4.35. The van der Waals surface area contributed by atoms with Gasteiger partial charge < -0.3 is 9.13 Å². The Labute approximate surface area is 331 Å². The largest absolute Gasteiger partial charge is 0.309 e. The molecule has 3 heteroatoms. The van der Waals surface area contributed by atoms with Gasteiger partial charge in [0.25, 0.3) is 0 Å². The molecular weight excluding hydrogens is 709 g/mol. The fourth-order valence-electron chi connectivity index (χ4n) is 9.76. The van der Waals surface area contributed by atoms with Crippen molar-refractivity contribution in [2.45, 2.75) is 0 Å². The van der Waals surface area contributed by atoms with Crippen molar-refractivity contribution in [2.24, 2.45) is 0 Å². The van der Waals surface area contributed by atoms with Crippen molar-refractivity contribution in [1.29, 1.82) is 0 Å². The van der Waals surface area contributed by atoms with Crippen LogP contribution in [0.5, 0.6) is 0 Å². The highest BCUT2D eigenvalue weighted by Crippen LogP contribution is 2.50. The zero-order valence-electron chi connectivity index (χ0n) is 30.8. The van der Waals surface area contributed by atoms with Crippen LogP contribution < -0.4 is 0 Å². The van der Waals surface area contributed by atoms with E-state index >= 15 is 0 Å². The Hall–Kier alpha value is -7.20. The van der Waals surface area contributed by atoms with E-state index in [2.05, 4.69) is 203 Å². The number of nitrogens with zero attached hydrogens (tertiary/aromatic N) is 2. The first-order valence-electron chi connectivity index (χ1n) is 19.6. The van der Waals surface area contributed by atoms with E-state index in [1.807, 2.05) is 11.3 Å². The van der Waals surface area contributed by atoms with Gasteiger partial charge in [-0.1, -0.05) is 133 Å². The molecule has 13 aromatic rings. The van der Waals surface area contributed by atoms with E-state index in [4.69, 9.17) is 0 Å². The Bertz CT molecular complexity index is 3800. The predicted molar refractivity (Wildman–Crippen MR) is 246 cm³/mol. The molecule has 3 heterocycles. The van der Waals surface area contributed by atoms with Gasteiger partial charge in [0.2, 0.25) is 0 Å².